The predicted octanol–water partition coefficient (Wildman–Crippen LogP) is 6.09. The number of piperidine rings is 1. The summed E-state index contributed by atoms with van der Waals surface area (Å²) in [5, 5.41) is 5.82. The van der Waals surface area contributed by atoms with E-state index in [1.165, 1.54) is 16.9 Å². The number of likely N-dealkylation sites (tertiary alicyclic amines) is 1. The molecule has 6 nitrogen and oxygen atoms in total. The van der Waals surface area contributed by atoms with Crippen LogP contribution in [-0.2, 0) is 16.0 Å². The number of ketones is 1. The number of benzene rings is 2. The molecule has 3 aromatic rings. The number of anilines is 1. The maximum Gasteiger partial charge on any atom is 0.275 e. The molecule has 0 radical (unpaired) electrons. The van der Waals surface area contributed by atoms with Crippen molar-refractivity contribution in [2.45, 2.75) is 58.3 Å². The summed E-state index contributed by atoms with van der Waals surface area (Å²) in [4.78, 5) is 43.1. The van der Waals surface area contributed by atoms with Crippen molar-refractivity contribution in [3.63, 3.8) is 0 Å². The Kier molecular flexibility index (Phi) is 8.65. The van der Waals surface area contributed by atoms with Crippen molar-refractivity contribution in [3.05, 3.63) is 70.2 Å². The SMILES string of the molecule is CCc1ccc(-c2ccccc2NC(=O)c2csc(C3CCN(C(=O)CCCC(C)=O)CC3)n2)cc1. The summed E-state index contributed by atoms with van der Waals surface area (Å²) in [7, 11) is 0. The molecule has 0 spiro atoms. The lowest BCUT2D eigenvalue weighted by atomic mass is 9.97. The molecule has 0 unspecified atom stereocenters. The van der Waals surface area contributed by atoms with E-state index in [2.05, 4.69) is 41.5 Å². The van der Waals surface area contributed by atoms with Gasteiger partial charge in [-0.25, -0.2) is 4.98 Å². The zero-order valence-electron chi connectivity index (χ0n) is 21.0. The van der Waals surface area contributed by atoms with E-state index in [4.69, 9.17) is 0 Å². The molecule has 1 N–H and O–H groups in total. The molecule has 36 heavy (non-hydrogen) atoms. The Hall–Kier alpha value is -3.32. The van der Waals surface area contributed by atoms with Gasteiger partial charge in [-0.05, 0) is 49.8 Å². The summed E-state index contributed by atoms with van der Waals surface area (Å²) in [5.41, 5.74) is 4.50. The van der Waals surface area contributed by atoms with Crippen LogP contribution in [-0.4, -0.2) is 40.6 Å². The van der Waals surface area contributed by atoms with Crippen LogP contribution in [0.4, 0.5) is 5.69 Å². The smallest absolute Gasteiger partial charge is 0.275 e. The number of hydrogen-bond acceptors (Lipinski definition) is 5. The van der Waals surface area contributed by atoms with Crippen molar-refractivity contribution < 1.29 is 14.4 Å². The van der Waals surface area contributed by atoms with Crippen molar-refractivity contribution in [2.24, 2.45) is 0 Å². The fraction of sp³-hybridized carbons (Fsp3) is 0.379. The fourth-order valence-electron chi connectivity index (χ4n) is 4.55. The van der Waals surface area contributed by atoms with Crippen LogP contribution < -0.4 is 5.32 Å². The van der Waals surface area contributed by atoms with E-state index in [0.29, 0.717) is 38.0 Å². The van der Waals surface area contributed by atoms with E-state index >= 15 is 0 Å². The zero-order chi connectivity index (χ0) is 25.5. The summed E-state index contributed by atoms with van der Waals surface area (Å²) < 4.78 is 0. The molecule has 2 amide bonds. The van der Waals surface area contributed by atoms with Gasteiger partial charge in [-0.3, -0.25) is 9.59 Å². The van der Waals surface area contributed by atoms with Gasteiger partial charge in [-0.1, -0.05) is 49.4 Å². The number of carbonyl (C=O) groups excluding carboxylic acids is 3. The Labute approximate surface area is 216 Å². The lowest BCUT2D eigenvalue weighted by Gasteiger charge is -2.31. The normalized spacial score (nSPS) is 14.0. The van der Waals surface area contributed by atoms with Crippen LogP contribution in [0, 0.1) is 0 Å². The molecule has 188 valence electrons. The van der Waals surface area contributed by atoms with Gasteiger partial charge in [0.15, 0.2) is 0 Å². The number of aromatic nitrogens is 1. The summed E-state index contributed by atoms with van der Waals surface area (Å²) in [5.74, 6) is 0.284. The molecule has 0 saturated carbocycles. The number of amides is 2. The molecule has 0 bridgehead atoms. The average Bonchev–Trinajstić information content (AvgIpc) is 3.40. The highest BCUT2D eigenvalue weighted by Gasteiger charge is 2.26. The van der Waals surface area contributed by atoms with Crippen LogP contribution in [0.3, 0.4) is 0 Å². The van der Waals surface area contributed by atoms with Crippen LogP contribution in [0.25, 0.3) is 11.1 Å². The number of nitrogens with zero attached hydrogens (tertiary/aromatic N) is 2. The molecule has 1 aromatic heterocycles. The van der Waals surface area contributed by atoms with Crippen LogP contribution in [0.5, 0.6) is 0 Å². The van der Waals surface area contributed by atoms with E-state index in [0.717, 1.165) is 41.1 Å². The number of thiazole rings is 1. The standard InChI is InChI=1S/C29H33N3O3S/c1-3-21-11-13-22(14-12-21)24-8-4-5-9-25(24)30-28(35)26-19-36-29(31-26)23-15-17-32(18-16-23)27(34)10-6-7-20(2)33/h4-5,8-9,11-14,19,23H,3,6-7,10,15-18H2,1-2H3,(H,30,35). The summed E-state index contributed by atoms with van der Waals surface area (Å²) in [6, 6.07) is 16.2. The van der Waals surface area contributed by atoms with Crippen molar-refractivity contribution in [2.75, 3.05) is 18.4 Å². The Morgan fingerprint density at radius 3 is 2.44 bits per heavy atom. The van der Waals surface area contributed by atoms with E-state index in [9.17, 15) is 14.4 Å². The first-order valence-electron chi connectivity index (χ1n) is 12.7. The molecule has 7 heteroatoms. The average molecular weight is 504 g/mol. The molecule has 1 saturated heterocycles. The van der Waals surface area contributed by atoms with Crippen LogP contribution in [0.1, 0.15) is 72.9 Å². The van der Waals surface area contributed by atoms with Gasteiger partial charge in [0.25, 0.3) is 5.91 Å². The van der Waals surface area contributed by atoms with Gasteiger partial charge >= 0.3 is 0 Å². The largest absolute Gasteiger partial charge is 0.343 e. The Bertz CT molecular complexity index is 1210. The lowest BCUT2D eigenvalue weighted by molar-refractivity contribution is -0.132. The number of Topliss-reactive ketones (excluding diaryl/α,β-unsaturated/α-hetero) is 1. The summed E-state index contributed by atoms with van der Waals surface area (Å²) >= 11 is 1.51. The van der Waals surface area contributed by atoms with Gasteiger partial charge in [0, 0.05) is 48.5 Å². The summed E-state index contributed by atoms with van der Waals surface area (Å²) in [6.45, 7) is 5.07. The molecule has 4 rings (SSSR count). The number of para-hydroxylation sites is 1. The number of rotatable bonds is 9. The molecular formula is C29H33N3O3S. The second kappa shape index (κ2) is 12.1. The maximum absolute atomic E-state index is 13.0. The van der Waals surface area contributed by atoms with Gasteiger partial charge in [0.05, 0.1) is 5.01 Å². The molecule has 1 aliphatic rings. The van der Waals surface area contributed by atoms with Crippen molar-refractivity contribution in [1.29, 1.82) is 0 Å². The summed E-state index contributed by atoms with van der Waals surface area (Å²) in [6.07, 6.45) is 4.17. The topological polar surface area (TPSA) is 79.4 Å². The van der Waals surface area contributed by atoms with Crippen LogP contribution in [0.2, 0.25) is 0 Å². The minimum atomic E-state index is -0.215. The maximum atomic E-state index is 13.0. The van der Waals surface area contributed by atoms with E-state index < -0.39 is 0 Å². The number of hydrogen-bond donors (Lipinski definition) is 1. The van der Waals surface area contributed by atoms with Crippen molar-refractivity contribution in [1.82, 2.24) is 9.88 Å². The first-order valence-corrected chi connectivity index (χ1v) is 13.5. The Balaban J connectivity index is 1.35. The quantitative estimate of drug-likeness (QED) is 0.383. The van der Waals surface area contributed by atoms with E-state index in [1.54, 1.807) is 6.92 Å². The highest BCUT2D eigenvalue weighted by Crippen LogP contribution is 2.32. The number of nitrogens with one attached hydrogen (secondary N) is 1. The van der Waals surface area contributed by atoms with E-state index in [-0.39, 0.29) is 23.5 Å². The molecule has 1 fully saturated rings. The predicted molar refractivity (Wildman–Crippen MR) is 144 cm³/mol. The molecule has 2 aromatic carbocycles. The minimum absolute atomic E-state index is 0.122. The highest BCUT2D eigenvalue weighted by atomic mass is 32.1. The van der Waals surface area contributed by atoms with Crippen LogP contribution >= 0.6 is 11.3 Å². The van der Waals surface area contributed by atoms with Crippen molar-refractivity contribution in [3.8, 4) is 11.1 Å². The highest BCUT2D eigenvalue weighted by molar-refractivity contribution is 7.10. The second-order valence-corrected chi connectivity index (χ2v) is 10.2. The van der Waals surface area contributed by atoms with Gasteiger partial charge in [0.1, 0.15) is 11.5 Å². The molecule has 1 aliphatic heterocycles. The van der Waals surface area contributed by atoms with Crippen LogP contribution in [0.15, 0.2) is 53.9 Å². The van der Waals surface area contributed by atoms with Gasteiger partial charge in [0.2, 0.25) is 5.91 Å². The van der Waals surface area contributed by atoms with Gasteiger partial charge < -0.3 is 15.0 Å². The van der Waals surface area contributed by atoms with E-state index in [1.807, 2.05) is 34.5 Å². The number of carbonyl (C=O) groups is 3. The van der Waals surface area contributed by atoms with Gasteiger partial charge in [-0.2, -0.15) is 0 Å². The Morgan fingerprint density at radius 1 is 1.03 bits per heavy atom. The Morgan fingerprint density at radius 2 is 1.75 bits per heavy atom. The third-order valence-electron chi connectivity index (χ3n) is 6.72. The minimum Gasteiger partial charge on any atom is -0.343 e. The molecular weight excluding hydrogens is 470 g/mol. The molecule has 0 atom stereocenters. The molecule has 0 aliphatic carbocycles. The first-order chi connectivity index (χ1) is 17.4. The van der Waals surface area contributed by atoms with Crippen molar-refractivity contribution >= 4 is 34.6 Å². The fourth-order valence-corrected chi connectivity index (χ4v) is 5.52. The third-order valence-corrected chi connectivity index (χ3v) is 7.73. The third kappa shape index (κ3) is 6.46. The first kappa shape index (κ1) is 25.8. The number of aryl methyl sites for hydroxylation is 1. The molecule has 2 heterocycles. The second-order valence-electron chi connectivity index (χ2n) is 9.33. The lowest BCUT2D eigenvalue weighted by Crippen LogP contribution is -2.37. The zero-order valence-corrected chi connectivity index (χ0v) is 21.8. The van der Waals surface area contributed by atoms with Gasteiger partial charge in [-0.15, -0.1) is 11.3 Å². The monoisotopic (exact) mass is 503 g/mol.